The van der Waals surface area contributed by atoms with Gasteiger partial charge in [-0.15, -0.1) is 11.8 Å². The predicted molar refractivity (Wildman–Crippen MR) is 127 cm³/mol. The normalized spacial score (nSPS) is 17.3. The van der Waals surface area contributed by atoms with Gasteiger partial charge in [0, 0.05) is 34.2 Å². The second kappa shape index (κ2) is 10.4. The van der Waals surface area contributed by atoms with Gasteiger partial charge in [-0.3, -0.25) is 14.3 Å². The molecule has 1 aliphatic rings. The SMILES string of the molecule is CCC(C)NC(=O)C1CSCN1C(=O)C=Cc1c(C)nn(Cc2ccccc2Cl)c1C. The summed E-state index contributed by atoms with van der Waals surface area (Å²) < 4.78 is 1.90. The molecule has 2 atom stereocenters. The summed E-state index contributed by atoms with van der Waals surface area (Å²) in [5.74, 6) is 0.897. The lowest BCUT2D eigenvalue weighted by molar-refractivity contribution is -0.135. The zero-order valence-electron chi connectivity index (χ0n) is 18.4. The van der Waals surface area contributed by atoms with Crippen LogP contribution in [0.4, 0.5) is 0 Å². The molecule has 8 heteroatoms. The number of carbonyl (C=O) groups is 2. The number of hydrogen-bond donors (Lipinski definition) is 1. The number of carbonyl (C=O) groups excluding carboxylic acids is 2. The number of aryl methyl sites for hydroxylation is 1. The molecule has 0 spiro atoms. The van der Waals surface area contributed by atoms with Gasteiger partial charge in [-0.1, -0.05) is 36.7 Å². The number of hydrogen-bond acceptors (Lipinski definition) is 4. The van der Waals surface area contributed by atoms with Crippen molar-refractivity contribution < 1.29 is 9.59 Å². The topological polar surface area (TPSA) is 67.2 Å². The van der Waals surface area contributed by atoms with E-state index in [9.17, 15) is 9.59 Å². The van der Waals surface area contributed by atoms with Crippen LogP contribution in [0.25, 0.3) is 6.08 Å². The summed E-state index contributed by atoms with van der Waals surface area (Å²) >= 11 is 7.89. The van der Waals surface area contributed by atoms with E-state index in [2.05, 4.69) is 10.4 Å². The predicted octanol–water partition coefficient (Wildman–Crippen LogP) is 4.03. The lowest BCUT2D eigenvalue weighted by Crippen LogP contribution is -2.48. The standard InChI is InChI=1S/C23H29ClN4O2S/c1-5-15(2)25-23(30)21-13-31-14-27(21)22(29)11-10-19-16(3)26-28(17(19)4)12-18-8-6-7-9-20(18)24/h6-11,15,21H,5,12-14H2,1-4H3,(H,25,30). The largest absolute Gasteiger partial charge is 0.352 e. The molecular weight excluding hydrogens is 432 g/mol. The fourth-order valence-corrected chi connectivity index (χ4v) is 4.82. The first-order valence-corrected chi connectivity index (χ1v) is 12.0. The van der Waals surface area contributed by atoms with E-state index in [0.717, 1.165) is 28.9 Å². The number of thioether (sulfide) groups is 1. The first-order valence-electron chi connectivity index (χ1n) is 10.5. The van der Waals surface area contributed by atoms with Gasteiger partial charge in [-0.2, -0.15) is 5.10 Å². The Morgan fingerprint density at radius 3 is 2.81 bits per heavy atom. The Bertz CT molecular complexity index is 988. The van der Waals surface area contributed by atoms with E-state index < -0.39 is 6.04 Å². The summed E-state index contributed by atoms with van der Waals surface area (Å²) in [6.07, 6.45) is 4.21. The number of benzene rings is 1. The summed E-state index contributed by atoms with van der Waals surface area (Å²) in [6, 6.07) is 7.37. The van der Waals surface area contributed by atoms with Crippen LogP contribution in [0.5, 0.6) is 0 Å². The van der Waals surface area contributed by atoms with E-state index in [0.29, 0.717) is 23.2 Å². The molecule has 2 unspecified atom stereocenters. The summed E-state index contributed by atoms with van der Waals surface area (Å²) in [5, 5.41) is 8.31. The minimum Gasteiger partial charge on any atom is -0.352 e. The number of halogens is 1. The number of nitrogens with one attached hydrogen (secondary N) is 1. The van der Waals surface area contributed by atoms with Gasteiger partial charge in [-0.05, 0) is 44.9 Å². The Hall–Kier alpha value is -2.25. The molecule has 3 rings (SSSR count). The fraction of sp³-hybridized carbons (Fsp3) is 0.435. The van der Waals surface area contributed by atoms with E-state index >= 15 is 0 Å². The van der Waals surface area contributed by atoms with Crippen molar-refractivity contribution in [2.24, 2.45) is 0 Å². The molecule has 1 fully saturated rings. The highest BCUT2D eigenvalue weighted by atomic mass is 35.5. The number of aromatic nitrogens is 2. The molecule has 2 heterocycles. The monoisotopic (exact) mass is 460 g/mol. The van der Waals surface area contributed by atoms with Crippen LogP contribution >= 0.6 is 23.4 Å². The summed E-state index contributed by atoms with van der Waals surface area (Å²) in [6.45, 7) is 8.46. The summed E-state index contributed by atoms with van der Waals surface area (Å²) in [4.78, 5) is 27.0. The molecule has 31 heavy (non-hydrogen) atoms. The van der Waals surface area contributed by atoms with E-state index in [-0.39, 0.29) is 17.9 Å². The Labute approximate surface area is 193 Å². The smallest absolute Gasteiger partial charge is 0.247 e. The number of rotatable bonds is 7. The second-order valence-corrected chi connectivity index (χ2v) is 9.22. The van der Waals surface area contributed by atoms with Gasteiger partial charge < -0.3 is 10.2 Å². The van der Waals surface area contributed by atoms with Crippen LogP contribution in [0.3, 0.4) is 0 Å². The van der Waals surface area contributed by atoms with Gasteiger partial charge in [0.25, 0.3) is 0 Å². The van der Waals surface area contributed by atoms with Crippen LogP contribution in [0, 0.1) is 13.8 Å². The number of nitrogens with zero attached hydrogens (tertiary/aromatic N) is 3. The second-order valence-electron chi connectivity index (χ2n) is 7.81. The quantitative estimate of drug-likeness (QED) is 0.633. The van der Waals surface area contributed by atoms with Gasteiger partial charge in [0.1, 0.15) is 6.04 Å². The van der Waals surface area contributed by atoms with Gasteiger partial charge in [0.2, 0.25) is 11.8 Å². The lowest BCUT2D eigenvalue weighted by Gasteiger charge is -2.23. The van der Waals surface area contributed by atoms with E-state index in [1.165, 1.54) is 0 Å². The summed E-state index contributed by atoms with van der Waals surface area (Å²) in [7, 11) is 0. The van der Waals surface area contributed by atoms with E-state index in [1.807, 2.05) is 56.6 Å². The van der Waals surface area contributed by atoms with Gasteiger partial charge in [0.05, 0.1) is 18.1 Å². The molecule has 2 amide bonds. The Morgan fingerprint density at radius 2 is 2.10 bits per heavy atom. The van der Waals surface area contributed by atoms with Crippen molar-refractivity contribution in [1.29, 1.82) is 0 Å². The highest BCUT2D eigenvalue weighted by Gasteiger charge is 2.34. The van der Waals surface area contributed by atoms with Crippen molar-refractivity contribution in [3.8, 4) is 0 Å². The first-order chi connectivity index (χ1) is 14.8. The van der Waals surface area contributed by atoms with Crippen molar-refractivity contribution >= 4 is 41.3 Å². The van der Waals surface area contributed by atoms with Crippen molar-refractivity contribution in [1.82, 2.24) is 20.0 Å². The van der Waals surface area contributed by atoms with Gasteiger partial charge in [0.15, 0.2) is 0 Å². The molecule has 1 aromatic carbocycles. The highest BCUT2D eigenvalue weighted by molar-refractivity contribution is 7.99. The van der Waals surface area contributed by atoms with Crippen LogP contribution < -0.4 is 5.32 Å². The van der Waals surface area contributed by atoms with Crippen LogP contribution in [-0.2, 0) is 16.1 Å². The van der Waals surface area contributed by atoms with Crippen LogP contribution in [-0.4, -0.2) is 50.2 Å². The third-order valence-corrected chi connectivity index (χ3v) is 6.96. The lowest BCUT2D eigenvalue weighted by atomic mass is 10.1. The third-order valence-electron chi connectivity index (χ3n) is 5.58. The zero-order chi connectivity index (χ0) is 22.5. The maximum atomic E-state index is 12.9. The first kappa shape index (κ1) is 23.4. The van der Waals surface area contributed by atoms with E-state index in [1.54, 1.807) is 28.8 Å². The average Bonchev–Trinajstić information content (AvgIpc) is 3.33. The molecule has 1 aromatic heterocycles. The molecule has 6 nitrogen and oxygen atoms in total. The molecule has 2 aromatic rings. The molecule has 0 bridgehead atoms. The minimum atomic E-state index is -0.429. The van der Waals surface area contributed by atoms with Crippen LogP contribution in [0.1, 0.15) is 42.8 Å². The maximum Gasteiger partial charge on any atom is 0.247 e. The third kappa shape index (κ3) is 5.52. The Balaban J connectivity index is 1.72. The average molecular weight is 461 g/mol. The highest BCUT2D eigenvalue weighted by Crippen LogP contribution is 2.23. The molecule has 0 aliphatic carbocycles. The Kier molecular flexibility index (Phi) is 7.84. The van der Waals surface area contributed by atoms with Crippen LogP contribution in [0.15, 0.2) is 30.3 Å². The molecule has 166 valence electrons. The Morgan fingerprint density at radius 1 is 1.35 bits per heavy atom. The fourth-order valence-electron chi connectivity index (χ4n) is 3.46. The molecule has 1 saturated heterocycles. The van der Waals surface area contributed by atoms with Crippen molar-refractivity contribution in [2.75, 3.05) is 11.6 Å². The molecule has 1 aliphatic heterocycles. The van der Waals surface area contributed by atoms with Gasteiger partial charge >= 0.3 is 0 Å². The molecule has 0 saturated carbocycles. The summed E-state index contributed by atoms with van der Waals surface area (Å²) in [5.41, 5.74) is 3.71. The van der Waals surface area contributed by atoms with Crippen molar-refractivity contribution in [3.63, 3.8) is 0 Å². The van der Waals surface area contributed by atoms with Crippen LogP contribution in [0.2, 0.25) is 5.02 Å². The van der Waals surface area contributed by atoms with Gasteiger partial charge in [-0.25, -0.2) is 0 Å². The minimum absolute atomic E-state index is 0.0824. The molecule has 1 N–H and O–H groups in total. The van der Waals surface area contributed by atoms with Crippen molar-refractivity contribution in [3.05, 3.63) is 57.9 Å². The molecular formula is C23H29ClN4O2S. The number of amides is 2. The zero-order valence-corrected chi connectivity index (χ0v) is 20.0. The maximum absolute atomic E-state index is 12.9. The molecule has 0 radical (unpaired) electrons. The van der Waals surface area contributed by atoms with Crippen molar-refractivity contribution in [2.45, 2.75) is 52.7 Å². The van der Waals surface area contributed by atoms with E-state index in [4.69, 9.17) is 11.6 Å².